The monoisotopic (exact) mass is 304 g/mol. The van der Waals surface area contributed by atoms with E-state index in [0.717, 1.165) is 6.07 Å². The molecular weight excluding hydrogens is 296 g/mol. The van der Waals surface area contributed by atoms with Crippen LogP contribution < -0.4 is 4.74 Å². The van der Waals surface area contributed by atoms with E-state index >= 15 is 0 Å². The molecule has 2 aromatic rings. The third-order valence-corrected chi connectivity index (χ3v) is 2.90. The van der Waals surface area contributed by atoms with Crippen LogP contribution in [0.25, 0.3) is 11.1 Å². The van der Waals surface area contributed by atoms with E-state index in [9.17, 15) is 17.6 Å². The molecule has 0 heterocycles. The van der Waals surface area contributed by atoms with Gasteiger partial charge in [0.25, 0.3) is 0 Å². The van der Waals surface area contributed by atoms with Gasteiger partial charge in [0.15, 0.2) is 0 Å². The first kappa shape index (κ1) is 14.7. The quantitative estimate of drug-likeness (QED) is 0.564. The maximum absolute atomic E-state index is 13.9. The zero-order chi connectivity index (χ0) is 14.8. The molecular formula is C14H9ClF4O. The molecule has 0 radical (unpaired) electrons. The molecule has 2 rings (SSSR count). The van der Waals surface area contributed by atoms with Crippen molar-refractivity contribution >= 4 is 11.6 Å². The van der Waals surface area contributed by atoms with Gasteiger partial charge in [0.1, 0.15) is 11.6 Å². The molecule has 0 aliphatic carbocycles. The molecule has 0 amide bonds. The van der Waals surface area contributed by atoms with Gasteiger partial charge in [-0.25, -0.2) is 4.39 Å². The van der Waals surface area contributed by atoms with Crippen molar-refractivity contribution in [2.75, 3.05) is 0 Å². The van der Waals surface area contributed by atoms with Gasteiger partial charge in [0.05, 0.1) is 0 Å². The number of benzene rings is 2. The van der Waals surface area contributed by atoms with Gasteiger partial charge in [-0.3, -0.25) is 0 Å². The van der Waals surface area contributed by atoms with Crippen LogP contribution in [0, 0.1) is 5.82 Å². The number of rotatable bonds is 3. The number of alkyl halides is 4. The molecule has 0 aliphatic heterocycles. The van der Waals surface area contributed by atoms with Gasteiger partial charge in [-0.1, -0.05) is 30.3 Å². The molecule has 20 heavy (non-hydrogen) atoms. The van der Waals surface area contributed by atoms with Crippen molar-refractivity contribution in [2.24, 2.45) is 0 Å². The number of hydrogen-bond acceptors (Lipinski definition) is 1. The molecule has 0 spiro atoms. The van der Waals surface area contributed by atoms with Crippen LogP contribution in [0.1, 0.15) is 5.56 Å². The fraction of sp³-hybridized carbons (Fsp3) is 0.143. The highest BCUT2D eigenvalue weighted by atomic mass is 35.5. The molecule has 0 atom stereocenters. The smallest absolute Gasteiger partial charge is 0.405 e. The summed E-state index contributed by atoms with van der Waals surface area (Å²) < 4.78 is 54.8. The minimum Gasteiger partial charge on any atom is -0.405 e. The minimum absolute atomic E-state index is 0.0266. The zero-order valence-corrected chi connectivity index (χ0v) is 10.8. The van der Waals surface area contributed by atoms with E-state index in [1.807, 2.05) is 0 Å². The lowest BCUT2D eigenvalue weighted by molar-refractivity contribution is -0.274. The molecule has 1 nitrogen and oxygen atoms in total. The normalized spacial score (nSPS) is 11.4. The summed E-state index contributed by atoms with van der Waals surface area (Å²) in [6.45, 7) is 0. The maximum atomic E-state index is 13.9. The Morgan fingerprint density at radius 3 is 2.30 bits per heavy atom. The lowest BCUT2D eigenvalue weighted by Gasteiger charge is -2.14. The molecule has 0 unspecified atom stereocenters. The molecule has 0 N–H and O–H groups in total. The van der Waals surface area contributed by atoms with Crippen LogP contribution in [0.3, 0.4) is 0 Å². The SMILES string of the molecule is Fc1cc(CCl)ccc1-c1ccccc1OC(F)(F)F. The molecule has 0 aliphatic rings. The Balaban J connectivity index is 2.47. The summed E-state index contributed by atoms with van der Waals surface area (Å²) in [6.07, 6.45) is -4.83. The van der Waals surface area contributed by atoms with Gasteiger partial charge in [0, 0.05) is 17.0 Å². The first-order chi connectivity index (χ1) is 9.40. The molecule has 0 aromatic heterocycles. The van der Waals surface area contributed by atoms with Crippen LogP contribution in [0.4, 0.5) is 17.6 Å². The molecule has 6 heteroatoms. The molecule has 106 valence electrons. The van der Waals surface area contributed by atoms with E-state index in [1.165, 1.54) is 30.3 Å². The Labute approximate surface area is 117 Å². The third-order valence-electron chi connectivity index (χ3n) is 2.59. The molecule has 2 aromatic carbocycles. The molecule has 0 saturated heterocycles. The highest BCUT2D eigenvalue weighted by Gasteiger charge is 2.32. The molecule has 0 fully saturated rings. The summed E-state index contributed by atoms with van der Waals surface area (Å²) in [6, 6.07) is 9.51. The van der Waals surface area contributed by atoms with Gasteiger partial charge in [-0.15, -0.1) is 24.8 Å². The van der Waals surface area contributed by atoms with Crippen molar-refractivity contribution in [3.05, 3.63) is 53.8 Å². The van der Waals surface area contributed by atoms with E-state index in [0.29, 0.717) is 5.56 Å². The second kappa shape index (κ2) is 5.71. The van der Waals surface area contributed by atoms with E-state index in [-0.39, 0.29) is 17.0 Å². The lowest BCUT2D eigenvalue weighted by Crippen LogP contribution is -2.17. The minimum atomic E-state index is -4.83. The van der Waals surface area contributed by atoms with Crippen LogP contribution in [0.15, 0.2) is 42.5 Å². The summed E-state index contributed by atoms with van der Waals surface area (Å²) in [7, 11) is 0. The number of hydrogen-bond donors (Lipinski definition) is 0. The van der Waals surface area contributed by atoms with E-state index in [2.05, 4.69) is 4.74 Å². The zero-order valence-electron chi connectivity index (χ0n) is 10.0. The molecule has 0 saturated carbocycles. The summed E-state index contributed by atoms with van der Waals surface area (Å²) in [5, 5.41) is 0. The largest absolute Gasteiger partial charge is 0.573 e. The van der Waals surface area contributed by atoms with Crippen molar-refractivity contribution < 1.29 is 22.3 Å². The van der Waals surface area contributed by atoms with Crippen molar-refractivity contribution in [2.45, 2.75) is 12.2 Å². The Bertz CT molecular complexity index is 610. The average molecular weight is 305 g/mol. The lowest BCUT2D eigenvalue weighted by atomic mass is 10.0. The maximum Gasteiger partial charge on any atom is 0.573 e. The predicted octanol–water partition coefficient (Wildman–Crippen LogP) is 5.13. The summed E-state index contributed by atoms with van der Waals surface area (Å²) >= 11 is 5.58. The van der Waals surface area contributed by atoms with Crippen LogP contribution in [0.5, 0.6) is 5.75 Å². The number of para-hydroxylation sites is 1. The standard InChI is InChI=1S/C14H9ClF4O/c15-8-9-5-6-10(12(16)7-9)11-3-1-2-4-13(11)20-14(17,18)19/h1-7H,8H2. The fourth-order valence-corrected chi connectivity index (χ4v) is 1.93. The van der Waals surface area contributed by atoms with Gasteiger partial charge in [0.2, 0.25) is 0 Å². The first-order valence-corrected chi connectivity index (χ1v) is 6.13. The van der Waals surface area contributed by atoms with Crippen LogP contribution in [-0.2, 0) is 5.88 Å². The summed E-state index contributed by atoms with van der Waals surface area (Å²) in [4.78, 5) is 0. The van der Waals surface area contributed by atoms with E-state index in [4.69, 9.17) is 11.6 Å². The van der Waals surface area contributed by atoms with Gasteiger partial charge in [-0.05, 0) is 17.7 Å². The van der Waals surface area contributed by atoms with Crippen molar-refractivity contribution in [3.63, 3.8) is 0 Å². The highest BCUT2D eigenvalue weighted by molar-refractivity contribution is 6.17. The van der Waals surface area contributed by atoms with Gasteiger partial charge < -0.3 is 4.74 Å². The van der Waals surface area contributed by atoms with Crippen LogP contribution in [-0.4, -0.2) is 6.36 Å². The fourth-order valence-electron chi connectivity index (χ4n) is 1.76. The number of ether oxygens (including phenoxy) is 1. The van der Waals surface area contributed by atoms with Crippen molar-refractivity contribution in [1.82, 2.24) is 0 Å². The summed E-state index contributed by atoms with van der Waals surface area (Å²) in [5.41, 5.74) is 0.601. The number of halogens is 5. The summed E-state index contributed by atoms with van der Waals surface area (Å²) in [5.74, 6) is -0.975. The van der Waals surface area contributed by atoms with Gasteiger partial charge in [-0.2, -0.15) is 0 Å². The van der Waals surface area contributed by atoms with E-state index < -0.39 is 17.9 Å². The Morgan fingerprint density at radius 1 is 1.00 bits per heavy atom. The van der Waals surface area contributed by atoms with E-state index in [1.54, 1.807) is 6.07 Å². The third kappa shape index (κ3) is 3.42. The topological polar surface area (TPSA) is 9.23 Å². The Morgan fingerprint density at radius 2 is 1.70 bits per heavy atom. The second-order valence-corrected chi connectivity index (χ2v) is 4.26. The van der Waals surface area contributed by atoms with Gasteiger partial charge >= 0.3 is 6.36 Å². The highest BCUT2D eigenvalue weighted by Crippen LogP contribution is 2.35. The average Bonchev–Trinajstić information content (AvgIpc) is 2.38. The van der Waals surface area contributed by atoms with Crippen LogP contribution >= 0.6 is 11.6 Å². The molecule has 0 bridgehead atoms. The predicted molar refractivity (Wildman–Crippen MR) is 68.1 cm³/mol. The Hall–Kier alpha value is -1.75. The second-order valence-electron chi connectivity index (χ2n) is 3.99. The first-order valence-electron chi connectivity index (χ1n) is 5.60. The Kier molecular flexibility index (Phi) is 4.18. The van der Waals surface area contributed by atoms with Crippen molar-refractivity contribution in [1.29, 1.82) is 0 Å². The van der Waals surface area contributed by atoms with Crippen LogP contribution in [0.2, 0.25) is 0 Å². The van der Waals surface area contributed by atoms with Crippen molar-refractivity contribution in [3.8, 4) is 16.9 Å².